The van der Waals surface area contributed by atoms with Crippen molar-refractivity contribution in [1.82, 2.24) is 5.32 Å². The number of benzene rings is 1. The Morgan fingerprint density at radius 3 is 2.65 bits per heavy atom. The lowest BCUT2D eigenvalue weighted by atomic mass is 9.97. The summed E-state index contributed by atoms with van der Waals surface area (Å²) in [5.41, 5.74) is 4.55. The smallest absolute Gasteiger partial charge is 0.237 e. The molecule has 0 fully saturated rings. The zero-order valence-electron chi connectivity index (χ0n) is 11.9. The van der Waals surface area contributed by atoms with Crippen molar-refractivity contribution >= 4 is 17.7 Å². The monoisotopic (exact) mass is 302 g/mol. The van der Waals surface area contributed by atoms with Crippen molar-refractivity contribution in [3.63, 3.8) is 0 Å². The Morgan fingerprint density at radius 1 is 1.45 bits per heavy atom. The van der Waals surface area contributed by atoms with Crippen LogP contribution in [0.15, 0.2) is 23.1 Å². The molecule has 20 heavy (non-hydrogen) atoms. The fourth-order valence-electron chi connectivity index (χ4n) is 1.86. The minimum Gasteiger partial charge on any atom is -0.368 e. The van der Waals surface area contributed by atoms with E-state index in [0.717, 1.165) is 18.2 Å². The summed E-state index contributed by atoms with van der Waals surface area (Å²) in [5, 5.41) is 3.11. The lowest BCUT2D eigenvalue weighted by molar-refractivity contribution is -0.124. The molecule has 1 aromatic carbocycles. The molecule has 0 bridgehead atoms. The van der Waals surface area contributed by atoms with Gasteiger partial charge in [0.05, 0.1) is 5.54 Å². The van der Waals surface area contributed by atoms with E-state index < -0.39 is 23.1 Å². The molecule has 1 atom stereocenters. The molecule has 6 heteroatoms. The van der Waals surface area contributed by atoms with Gasteiger partial charge in [0, 0.05) is 16.7 Å². The van der Waals surface area contributed by atoms with E-state index in [2.05, 4.69) is 5.32 Å². The Kier molecular flexibility index (Phi) is 5.95. The Bertz CT molecular complexity index is 482. The Labute approximate surface area is 122 Å². The SMILES string of the molecule is CC(C)NC(C)(CCSc1cc(F)ccc1F)C(N)=O. The summed E-state index contributed by atoms with van der Waals surface area (Å²) in [6.07, 6.45) is 0.432. The van der Waals surface area contributed by atoms with Crippen molar-refractivity contribution in [3.05, 3.63) is 29.8 Å². The van der Waals surface area contributed by atoms with Gasteiger partial charge in [-0.15, -0.1) is 11.8 Å². The van der Waals surface area contributed by atoms with Crippen LogP contribution in [0.3, 0.4) is 0 Å². The predicted octanol–water partition coefficient (Wildman–Crippen LogP) is 2.69. The second-order valence-corrected chi connectivity index (χ2v) is 6.31. The van der Waals surface area contributed by atoms with E-state index in [1.807, 2.05) is 13.8 Å². The summed E-state index contributed by atoms with van der Waals surface area (Å²) in [7, 11) is 0. The number of thioether (sulfide) groups is 1. The summed E-state index contributed by atoms with van der Waals surface area (Å²) in [5.74, 6) is -0.938. The molecule has 0 aromatic heterocycles. The lowest BCUT2D eigenvalue weighted by Crippen LogP contribution is -2.55. The number of hydrogen-bond donors (Lipinski definition) is 2. The molecule has 0 aliphatic rings. The van der Waals surface area contributed by atoms with Crippen LogP contribution in [0.1, 0.15) is 27.2 Å². The molecule has 0 aliphatic carbocycles. The number of halogens is 2. The van der Waals surface area contributed by atoms with E-state index >= 15 is 0 Å². The molecule has 0 heterocycles. The summed E-state index contributed by atoms with van der Waals surface area (Å²) >= 11 is 1.17. The lowest BCUT2D eigenvalue weighted by Gasteiger charge is -2.29. The van der Waals surface area contributed by atoms with E-state index in [4.69, 9.17) is 5.73 Å². The maximum Gasteiger partial charge on any atom is 0.237 e. The molecule has 3 N–H and O–H groups in total. The average Bonchev–Trinajstić information content (AvgIpc) is 2.32. The first-order valence-electron chi connectivity index (χ1n) is 6.40. The fraction of sp³-hybridized carbons (Fsp3) is 0.500. The molecule has 1 aromatic rings. The van der Waals surface area contributed by atoms with Crippen molar-refractivity contribution in [2.75, 3.05) is 5.75 Å². The highest BCUT2D eigenvalue weighted by Gasteiger charge is 2.30. The summed E-state index contributed by atoms with van der Waals surface area (Å²) in [6.45, 7) is 5.55. The van der Waals surface area contributed by atoms with Crippen LogP contribution < -0.4 is 11.1 Å². The Hall–Kier alpha value is -1.14. The van der Waals surface area contributed by atoms with Crippen LogP contribution in [0.2, 0.25) is 0 Å². The fourth-order valence-corrected chi connectivity index (χ4v) is 2.99. The molecule has 0 saturated heterocycles. The molecule has 1 unspecified atom stereocenters. The van der Waals surface area contributed by atoms with Gasteiger partial charge < -0.3 is 11.1 Å². The molecule has 1 amide bonds. The highest BCUT2D eigenvalue weighted by Crippen LogP contribution is 2.25. The van der Waals surface area contributed by atoms with Gasteiger partial charge in [-0.1, -0.05) is 0 Å². The van der Waals surface area contributed by atoms with E-state index in [1.165, 1.54) is 11.8 Å². The molecule has 0 radical (unpaired) electrons. The van der Waals surface area contributed by atoms with Gasteiger partial charge in [-0.2, -0.15) is 0 Å². The minimum absolute atomic E-state index is 0.100. The van der Waals surface area contributed by atoms with Crippen LogP contribution >= 0.6 is 11.8 Å². The molecule has 0 aliphatic heterocycles. The average molecular weight is 302 g/mol. The van der Waals surface area contributed by atoms with Gasteiger partial charge in [-0.25, -0.2) is 8.78 Å². The van der Waals surface area contributed by atoms with Gasteiger partial charge >= 0.3 is 0 Å². The van der Waals surface area contributed by atoms with E-state index in [9.17, 15) is 13.6 Å². The van der Waals surface area contributed by atoms with Crippen molar-refractivity contribution in [2.24, 2.45) is 5.73 Å². The number of rotatable bonds is 7. The van der Waals surface area contributed by atoms with Crippen LogP contribution in [0.25, 0.3) is 0 Å². The summed E-state index contributed by atoms with van der Waals surface area (Å²) in [6, 6.07) is 3.42. The normalized spacial score (nSPS) is 14.3. The maximum atomic E-state index is 13.5. The number of carbonyl (C=O) groups is 1. The molecular weight excluding hydrogens is 282 g/mol. The van der Waals surface area contributed by atoms with Crippen molar-refractivity contribution in [3.8, 4) is 0 Å². The van der Waals surface area contributed by atoms with Crippen molar-refractivity contribution in [2.45, 2.75) is 43.7 Å². The Morgan fingerprint density at radius 2 is 2.10 bits per heavy atom. The van der Waals surface area contributed by atoms with Gasteiger partial charge in [0.2, 0.25) is 5.91 Å². The first-order chi connectivity index (χ1) is 9.24. The number of nitrogens with two attached hydrogens (primary N) is 1. The number of amides is 1. The number of nitrogens with one attached hydrogen (secondary N) is 1. The third kappa shape index (κ3) is 4.76. The van der Waals surface area contributed by atoms with E-state index in [0.29, 0.717) is 12.2 Å². The summed E-state index contributed by atoms with van der Waals surface area (Å²) < 4.78 is 26.5. The van der Waals surface area contributed by atoms with E-state index in [1.54, 1.807) is 6.92 Å². The molecule has 112 valence electrons. The van der Waals surface area contributed by atoms with Crippen LogP contribution in [-0.2, 0) is 4.79 Å². The molecule has 1 rings (SSSR count). The highest BCUT2D eigenvalue weighted by molar-refractivity contribution is 7.99. The molecule has 3 nitrogen and oxygen atoms in total. The zero-order valence-corrected chi connectivity index (χ0v) is 12.7. The van der Waals surface area contributed by atoms with Crippen molar-refractivity contribution in [1.29, 1.82) is 0 Å². The molecular formula is C14H20F2N2OS. The second kappa shape index (κ2) is 7.04. The van der Waals surface area contributed by atoms with Crippen molar-refractivity contribution < 1.29 is 13.6 Å². The van der Waals surface area contributed by atoms with Crippen LogP contribution in [-0.4, -0.2) is 23.2 Å². The highest BCUT2D eigenvalue weighted by atomic mass is 32.2. The summed E-state index contributed by atoms with van der Waals surface area (Å²) in [4.78, 5) is 11.8. The van der Waals surface area contributed by atoms with Crippen LogP contribution in [0.5, 0.6) is 0 Å². The maximum absolute atomic E-state index is 13.5. The molecule has 0 saturated carbocycles. The van der Waals surface area contributed by atoms with Gasteiger partial charge in [0.25, 0.3) is 0 Å². The van der Waals surface area contributed by atoms with Gasteiger partial charge in [0.1, 0.15) is 11.6 Å². The predicted molar refractivity (Wildman–Crippen MR) is 77.6 cm³/mol. The standard InChI is InChI=1S/C14H20F2N2OS/c1-9(2)18-14(3,13(17)19)6-7-20-12-8-10(15)4-5-11(12)16/h4-5,8-9,18H,6-7H2,1-3H3,(H2,17,19). The second-order valence-electron chi connectivity index (χ2n) is 5.17. The minimum atomic E-state index is -0.856. The first kappa shape index (κ1) is 16.9. The van der Waals surface area contributed by atoms with Gasteiger partial charge in [-0.3, -0.25) is 4.79 Å². The topological polar surface area (TPSA) is 55.1 Å². The van der Waals surface area contributed by atoms with Crippen LogP contribution in [0, 0.1) is 11.6 Å². The Balaban J connectivity index is 2.65. The quantitative estimate of drug-likeness (QED) is 0.761. The number of primary amides is 1. The largest absolute Gasteiger partial charge is 0.368 e. The first-order valence-corrected chi connectivity index (χ1v) is 7.38. The van der Waals surface area contributed by atoms with Gasteiger partial charge in [0.15, 0.2) is 0 Å². The third-order valence-corrected chi connectivity index (χ3v) is 3.94. The van der Waals surface area contributed by atoms with Crippen LogP contribution in [0.4, 0.5) is 8.78 Å². The molecule has 0 spiro atoms. The zero-order chi connectivity index (χ0) is 15.3. The van der Waals surface area contributed by atoms with Gasteiger partial charge in [-0.05, 0) is 45.4 Å². The van der Waals surface area contributed by atoms with E-state index in [-0.39, 0.29) is 10.9 Å². The number of carbonyl (C=O) groups excluding carboxylic acids is 1. The number of hydrogen-bond acceptors (Lipinski definition) is 3. The third-order valence-electron chi connectivity index (χ3n) is 2.90.